The third-order valence-electron chi connectivity index (χ3n) is 2.07. The van der Waals surface area contributed by atoms with E-state index in [0.29, 0.717) is 16.7 Å². The minimum absolute atomic E-state index is 0.0664. The van der Waals surface area contributed by atoms with Gasteiger partial charge in [-0.2, -0.15) is 9.97 Å². The van der Waals surface area contributed by atoms with Crippen molar-refractivity contribution in [1.29, 1.82) is 0 Å². The summed E-state index contributed by atoms with van der Waals surface area (Å²) >= 11 is 5.96. The van der Waals surface area contributed by atoms with E-state index in [1.165, 1.54) is 6.92 Å². The monoisotopic (exact) mass is 252 g/mol. The van der Waals surface area contributed by atoms with Crippen LogP contribution in [0.1, 0.15) is 6.92 Å². The van der Waals surface area contributed by atoms with E-state index in [1.807, 2.05) is 0 Å². The molecule has 0 aliphatic rings. The molecule has 1 aromatic heterocycles. The Morgan fingerprint density at radius 1 is 1.35 bits per heavy atom. The molecule has 6 heteroatoms. The third kappa shape index (κ3) is 2.45. The van der Waals surface area contributed by atoms with Gasteiger partial charge in [-0.3, -0.25) is 4.79 Å². The van der Waals surface area contributed by atoms with Gasteiger partial charge in [0.15, 0.2) is 0 Å². The van der Waals surface area contributed by atoms with E-state index in [2.05, 4.69) is 9.97 Å². The fraction of sp³-hybridized carbons (Fsp3) is 0.182. The fourth-order valence-electron chi connectivity index (χ4n) is 1.35. The summed E-state index contributed by atoms with van der Waals surface area (Å²) in [5.41, 5.74) is 0.556. The van der Waals surface area contributed by atoms with E-state index in [0.717, 1.165) is 0 Å². The first-order chi connectivity index (χ1) is 8.10. The van der Waals surface area contributed by atoms with Crippen LogP contribution in [0.25, 0.3) is 10.9 Å². The van der Waals surface area contributed by atoms with Gasteiger partial charge in [0.1, 0.15) is 10.9 Å². The fourth-order valence-corrected chi connectivity index (χ4v) is 1.58. The van der Waals surface area contributed by atoms with Gasteiger partial charge >= 0.3 is 12.0 Å². The summed E-state index contributed by atoms with van der Waals surface area (Å²) in [7, 11) is 1.55. The van der Waals surface area contributed by atoms with Crippen LogP contribution in [0.5, 0.6) is 11.8 Å². The first-order valence-electron chi connectivity index (χ1n) is 4.80. The van der Waals surface area contributed by atoms with Gasteiger partial charge in [-0.1, -0.05) is 11.6 Å². The average molecular weight is 253 g/mol. The van der Waals surface area contributed by atoms with E-state index in [4.69, 9.17) is 21.1 Å². The van der Waals surface area contributed by atoms with Crippen molar-refractivity contribution in [2.24, 2.45) is 0 Å². The third-order valence-corrected chi connectivity index (χ3v) is 2.36. The van der Waals surface area contributed by atoms with Gasteiger partial charge in [0.05, 0.1) is 12.6 Å². The second kappa shape index (κ2) is 4.55. The lowest BCUT2D eigenvalue weighted by Crippen LogP contribution is -2.05. The van der Waals surface area contributed by atoms with Crippen molar-refractivity contribution < 1.29 is 14.3 Å². The number of fused-ring (bicyclic) bond motifs is 1. The Balaban J connectivity index is 2.57. The molecular weight excluding hydrogens is 244 g/mol. The lowest BCUT2D eigenvalue weighted by molar-refractivity contribution is -0.132. The zero-order valence-corrected chi connectivity index (χ0v) is 9.99. The Morgan fingerprint density at radius 2 is 2.12 bits per heavy atom. The van der Waals surface area contributed by atoms with Crippen LogP contribution in [-0.4, -0.2) is 23.0 Å². The molecule has 0 fully saturated rings. The highest BCUT2D eigenvalue weighted by Crippen LogP contribution is 2.26. The van der Waals surface area contributed by atoms with Gasteiger partial charge in [-0.25, -0.2) is 0 Å². The molecule has 0 aliphatic carbocycles. The van der Waals surface area contributed by atoms with Crippen LogP contribution < -0.4 is 9.47 Å². The van der Waals surface area contributed by atoms with Crippen LogP contribution in [0.3, 0.4) is 0 Å². The first kappa shape index (κ1) is 11.6. The molecule has 0 saturated heterocycles. The minimum atomic E-state index is -0.497. The maximum Gasteiger partial charge on any atom is 0.326 e. The number of halogens is 1. The van der Waals surface area contributed by atoms with Gasteiger partial charge in [0.25, 0.3) is 0 Å². The minimum Gasteiger partial charge on any atom is -0.497 e. The lowest BCUT2D eigenvalue weighted by Gasteiger charge is -2.05. The molecular formula is C11H9ClN2O3. The standard InChI is InChI=1S/C11H9ClN2O3/c1-6(15)17-11-13-9-5-7(16-2)3-4-8(9)10(12)14-11/h3-5H,1-2H3. The van der Waals surface area contributed by atoms with Gasteiger partial charge < -0.3 is 9.47 Å². The molecule has 0 bridgehead atoms. The molecule has 0 unspecified atom stereocenters. The Labute approximate surface area is 102 Å². The molecule has 5 nitrogen and oxygen atoms in total. The number of carbonyl (C=O) groups is 1. The molecule has 0 amide bonds. The molecule has 0 saturated carbocycles. The van der Waals surface area contributed by atoms with Crippen LogP contribution in [0, 0.1) is 0 Å². The highest BCUT2D eigenvalue weighted by Gasteiger charge is 2.09. The number of esters is 1. The van der Waals surface area contributed by atoms with Crippen molar-refractivity contribution in [3.05, 3.63) is 23.4 Å². The normalized spacial score (nSPS) is 10.3. The van der Waals surface area contributed by atoms with Crippen molar-refractivity contribution >= 4 is 28.5 Å². The maximum atomic E-state index is 10.8. The molecule has 17 heavy (non-hydrogen) atoms. The maximum absolute atomic E-state index is 10.8. The zero-order chi connectivity index (χ0) is 12.4. The number of methoxy groups -OCH3 is 1. The SMILES string of the molecule is COc1ccc2c(Cl)nc(OC(C)=O)nc2c1. The molecule has 2 rings (SSSR count). The second-order valence-corrected chi connectivity index (χ2v) is 3.63. The lowest BCUT2D eigenvalue weighted by atomic mass is 10.2. The van der Waals surface area contributed by atoms with E-state index >= 15 is 0 Å². The Kier molecular flexibility index (Phi) is 3.10. The van der Waals surface area contributed by atoms with Crippen molar-refractivity contribution in [2.45, 2.75) is 6.92 Å². The molecule has 1 heterocycles. The van der Waals surface area contributed by atoms with E-state index in [-0.39, 0.29) is 11.2 Å². The molecule has 0 aliphatic heterocycles. The summed E-state index contributed by atoms with van der Waals surface area (Å²) in [4.78, 5) is 18.7. The smallest absolute Gasteiger partial charge is 0.326 e. The quantitative estimate of drug-likeness (QED) is 0.606. The first-order valence-corrected chi connectivity index (χ1v) is 5.17. The zero-order valence-electron chi connectivity index (χ0n) is 9.23. The summed E-state index contributed by atoms with van der Waals surface area (Å²) in [5.74, 6) is 0.143. The number of carbonyl (C=O) groups excluding carboxylic acids is 1. The van der Waals surface area contributed by atoms with Crippen molar-refractivity contribution in [3.63, 3.8) is 0 Å². The topological polar surface area (TPSA) is 61.3 Å². The molecule has 1 aromatic carbocycles. The molecule has 0 atom stereocenters. The molecule has 0 radical (unpaired) electrons. The van der Waals surface area contributed by atoms with Crippen LogP contribution in [-0.2, 0) is 4.79 Å². The van der Waals surface area contributed by atoms with Crippen LogP contribution in [0.15, 0.2) is 18.2 Å². The number of ether oxygens (including phenoxy) is 2. The molecule has 0 N–H and O–H groups in total. The van der Waals surface area contributed by atoms with Crippen LogP contribution in [0.2, 0.25) is 5.15 Å². The van der Waals surface area contributed by atoms with Crippen LogP contribution >= 0.6 is 11.6 Å². The van der Waals surface area contributed by atoms with Gasteiger partial charge in [0, 0.05) is 18.4 Å². The van der Waals surface area contributed by atoms with E-state index < -0.39 is 5.97 Å². The summed E-state index contributed by atoms with van der Waals surface area (Å²) in [5, 5.41) is 0.900. The largest absolute Gasteiger partial charge is 0.497 e. The summed E-state index contributed by atoms with van der Waals surface area (Å²) in [6.07, 6.45) is 0. The van der Waals surface area contributed by atoms with Crippen molar-refractivity contribution in [2.75, 3.05) is 7.11 Å². The predicted molar refractivity (Wildman–Crippen MR) is 62.4 cm³/mol. The molecule has 0 spiro atoms. The van der Waals surface area contributed by atoms with Crippen LogP contribution in [0.4, 0.5) is 0 Å². The summed E-state index contributed by atoms with van der Waals surface area (Å²) < 4.78 is 9.86. The van der Waals surface area contributed by atoms with Gasteiger partial charge in [-0.15, -0.1) is 0 Å². The summed E-state index contributed by atoms with van der Waals surface area (Å²) in [6, 6.07) is 5.12. The van der Waals surface area contributed by atoms with Crippen molar-refractivity contribution in [3.8, 4) is 11.8 Å². The van der Waals surface area contributed by atoms with E-state index in [1.54, 1.807) is 25.3 Å². The highest BCUT2D eigenvalue weighted by molar-refractivity contribution is 6.34. The predicted octanol–water partition coefficient (Wildman–Crippen LogP) is 2.22. The Morgan fingerprint density at radius 3 is 2.76 bits per heavy atom. The summed E-state index contributed by atoms with van der Waals surface area (Å²) in [6.45, 7) is 1.27. The Bertz CT molecular complexity index is 586. The number of benzene rings is 1. The number of nitrogens with zero attached hydrogens (tertiary/aromatic N) is 2. The number of aromatic nitrogens is 2. The van der Waals surface area contributed by atoms with E-state index in [9.17, 15) is 4.79 Å². The number of rotatable bonds is 2. The van der Waals surface area contributed by atoms with Gasteiger partial charge in [-0.05, 0) is 12.1 Å². The van der Waals surface area contributed by atoms with Crippen molar-refractivity contribution in [1.82, 2.24) is 9.97 Å². The Hall–Kier alpha value is -1.88. The number of hydrogen-bond donors (Lipinski definition) is 0. The number of hydrogen-bond acceptors (Lipinski definition) is 5. The van der Waals surface area contributed by atoms with Gasteiger partial charge in [0.2, 0.25) is 0 Å². The second-order valence-electron chi connectivity index (χ2n) is 3.27. The highest BCUT2D eigenvalue weighted by atomic mass is 35.5. The molecule has 2 aromatic rings. The average Bonchev–Trinajstić information content (AvgIpc) is 2.27. The molecule has 88 valence electrons.